The van der Waals surface area contributed by atoms with Crippen LogP contribution in [0.3, 0.4) is 0 Å². The quantitative estimate of drug-likeness (QED) is 0.597. The Morgan fingerprint density at radius 3 is 2.31 bits per heavy atom. The van der Waals surface area contributed by atoms with E-state index in [0.29, 0.717) is 0 Å². The van der Waals surface area contributed by atoms with Gasteiger partial charge in [0.15, 0.2) is 0 Å². The van der Waals surface area contributed by atoms with E-state index in [1.54, 1.807) is 24.3 Å². The Morgan fingerprint density at radius 2 is 1.44 bits per heavy atom. The Balaban J connectivity index is 2.55. The molecule has 0 aromatic heterocycles. The van der Waals surface area contributed by atoms with Crippen molar-refractivity contribution in [3.05, 3.63) is 48.5 Å². The van der Waals surface area contributed by atoms with E-state index >= 15 is 0 Å². The van der Waals surface area contributed by atoms with Gasteiger partial charge in [-0.2, -0.15) is 0 Å². The van der Waals surface area contributed by atoms with E-state index in [4.69, 9.17) is 0 Å². The summed E-state index contributed by atoms with van der Waals surface area (Å²) in [6.45, 7) is 0. The van der Waals surface area contributed by atoms with Crippen molar-refractivity contribution in [2.75, 3.05) is 0 Å². The van der Waals surface area contributed by atoms with E-state index < -0.39 is 0 Å². The number of phenolic OH excluding ortho intramolecular Hbond substituents is 1. The van der Waals surface area contributed by atoms with Crippen LogP contribution in [0.1, 0.15) is 0 Å². The van der Waals surface area contributed by atoms with E-state index in [0.717, 1.165) is 21.9 Å². The SMILES string of the molecule is Oc1ccccc2c3c(O)cccc3cc1-2. The van der Waals surface area contributed by atoms with Crippen LogP contribution in [-0.4, -0.2) is 10.2 Å². The summed E-state index contributed by atoms with van der Waals surface area (Å²) >= 11 is 0. The van der Waals surface area contributed by atoms with Crippen molar-refractivity contribution < 1.29 is 10.2 Å². The minimum absolute atomic E-state index is 0.232. The van der Waals surface area contributed by atoms with Crippen LogP contribution in [0.4, 0.5) is 0 Å². The van der Waals surface area contributed by atoms with Gasteiger partial charge in [-0.15, -0.1) is 0 Å². The summed E-state index contributed by atoms with van der Waals surface area (Å²) in [5, 5.41) is 21.4. The van der Waals surface area contributed by atoms with E-state index in [2.05, 4.69) is 0 Å². The van der Waals surface area contributed by atoms with Crippen LogP contribution in [0.15, 0.2) is 48.5 Å². The maximum atomic E-state index is 9.85. The first-order chi connectivity index (χ1) is 7.77. The highest BCUT2D eigenvalue weighted by Gasteiger charge is 2.14. The number of phenols is 1. The summed E-state index contributed by atoms with van der Waals surface area (Å²) in [7, 11) is 0. The molecule has 0 aliphatic heterocycles. The van der Waals surface area contributed by atoms with E-state index in [1.165, 1.54) is 0 Å². The van der Waals surface area contributed by atoms with Crippen LogP contribution in [-0.2, 0) is 0 Å². The molecule has 0 bridgehead atoms. The van der Waals surface area contributed by atoms with Gasteiger partial charge in [-0.25, -0.2) is 0 Å². The highest BCUT2D eigenvalue weighted by molar-refractivity contribution is 6.06. The Kier molecular flexibility index (Phi) is 1.77. The zero-order valence-electron chi connectivity index (χ0n) is 8.51. The summed E-state index contributed by atoms with van der Waals surface area (Å²) in [5.41, 5.74) is 1.64. The van der Waals surface area contributed by atoms with Crippen LogP contribution < -0.4 is 0 Å². The fraction of sp³-hybridized carbons (Fsp3) is 0. The van der Waals surface area contributed by atoms with Crippen LogP contribution in [0.2, 0.25) is 0 Å². The summed E-state index contributed by atoms with van der Waals surface area (Å²) in [4.78, 5) is 0. The van der Waals surface area contributed by atoms with Gasteiger partial charge >= 0.3 is 0 Å². The molecule has 0 atom stereocenters. The normalized spacial score (nSPS) is 11.0. The molecule has 0 radical (unpaired) electrons. The lowest BCUT2D eigenvalue weighted by molar-refractivity contribution is 0.478. The average molecular weight is 210 g/mol. The Bertz CT molecular complexity index is 644. The molecule has 0 saturated heterocycles. The Labute approximate surface area is 92.7 Å². The molecular formula is C14H10O2. The lowest BCUT2D eigenvalue weighted by Gasteiger charge is -1.98. The number of rotatable bonds is 0. The Hall–Kier alpha value is -2.22. The van der Waals surface area contributed by atoms with Crippen LogP contribution in [0.25, 0.3) is 21.9 Å². The summed E-state index contributed by atoms with van der Waals surface area (Å²) in [5.74, 6) is 0.480. The van der Waals surface area contributed by atoms with Crippen molar-refractivity contribution in [1.82, 2.24) is 0 Å². The third kappa shape index (κ3) is 1.13. The predicted molar refractivity (Wildman–Crippen MR) is 63.9 cm³/mol. The number of aromatic hydroxyl groups is 2. The van der Waals surface area contributed by atoms with Gasteiger partial charge in [0, 0.05) is 10.9 Å². The molecule has 0 heterocycles. The molecule has 2 N–H and O–H groups in total. The van der Waals surface area contributed by atoms with Gasteiger partial charge in [0.25, 0.3) is 0 Å². The van der Waals surface area contributed by atoms with Gasteiger partial charge in [0.05, 0.1) is 0 Å². The first kappa shape index (κ1) is 9.04. The van der Waals surface area contributed by atoms with Crippen molar-refractivity contribution in [3.8, 4) is 22.6 Å². The van der Waals surface area contributed by atoms with Crippen molar-refractivity contribution in [2.45, 2.75) is 0 Å². The number of hydrogen-bond acceptors (Lipinski definition) is 2. The van der Waals surface area contributed by atoms with E-state index in [9.17, 15) is 10.2 Å². The summed E-state index contributed by atoms with van der Waals surface area (Å²) < 4.78 is 0. The molecule has 0 spiro atoms. The van der Waals surface area contributed by atoms with Crippen molar-refractivity contribution >= 4 is 10.8 Å². The van der Waals surface area contributed by atoms with Crippen LogP contribution in [0, 0.1) is 0 Å². The van der Waals surface area contributed by atoms with Gasteiger partial charge in [-0.05, 0) is 29.1 Å². The lowest BCUT2D eigenvalue weighted by Crippen LogP contribution is -1.70. The first-order valence-electron chi connectivity index (χ1n) is 5.10. The average Bonchev–Trinajstić information content (AvgIpc) is 2.56. The minimum atomic E-state index is 0.232. The Morgan fingerprint density at radius 1 is 0.688 bits per heavy atom. The summed E-state index contributed by atoms with van der Waals surface area (Å²) in [6.07, 6.45) is 0. The van der Waals surface area contributed by atoms with Gasteiger partial charge in [-0.1, -0.05) is 30.3 Å². The zero-order chi connectivity index (χ0) is 11.1. The van der Waals surface area contributed by atoms with Gasteiger partial charge < -0.3 is 10.2 Å². The number of fused-ring (bicyclic) bond motifs is 3. The third-order valence-corrected chi connectivity index (χ3v) is 2.84. The molecule has 78 valence electrons. The molecular weight excluding hydrogens is 200 g/mol. The second kappa shape index (κ2) is 3.14. The zero-order valence-corrected chi connectivity index (χ0v) is 8.51. The fourth-order valence-electron chi connectivity index (χ4n) is 2.11. The molecule has 2 aliphatic rings. The molecule has 2 aliphatic carbocycles. The molecule has 2 nitrogen and oxygen atoms in total. The second-order valence-corrected chi connectivity index (χ2v) is 3.82. The smallest absolute Gasteiger partial charge is 0.124 e. The van der Waals surface area contributed by atoms with Gasteiger partial charge in [0.1, 0.15) is 11.5 Å². The standard InChI is InChI=1S/C14H10O2/c15-12-6-2-1-5-10-11(12)8-9-4-3-7-13(16)14(9)10/h1-8,15-16H. The summed E-state index contributed by atoms with van der Waals surface area (Å²) in [6, 6.07) is 14.5. The molecule has 1 aromatic carbocycles. The largest absolute Gasteiger partial charge is 0.507 e. The fourth-order valence-corrected chi connectivity index (χ4v) is 2.11. The monoisotopic (exact) mass is 210 g/mol. The first-order valence-corrected chi connectivity index (χ1v) is 5.10. The predicted octanol–water partition coefficient (Wildman–Crippen LogP) is 3.36. The molecule has 0 unspecified atom stereocenters. The molecule has 2 heteroatoms. The van der Waals surface area contributed by atoms with Crippen molar-refractivity contribution in [1.29, 1.82) is 0 Å². The van der Waals surface area contributed by atoms with Crippen LogP contribution in [0.5, 0.6) is 11.5 Å². The highest BCUT2D eigenvalue weighted by atomic mass is 16.3. The van der Waals surface area contributed by atoms with E-state index in [1.807, 2.05) is 24.3 Å². The molecule has 16 heavy (non-hydrogen) atoms. The lowest BCUT2D eigenvalue weighted by atomic mass is 10.1. The highest BCUT2D eigenvalue weighted by Crippen LogP contribution is 2.42. The van der Waals surface area contributed by atoms with Gasteiger partial charge in [-0.3, -0.25) is 0 Å². The maximum Gasteiger partial charge on any atom is 0.124 e. The number of benzene rings is 1. The van der Waals surface area contributed by atoms with Gasteiger partial charge in [0.2, 0.25) is 0 Å². The second-order valence-electron chi connectivity index (χ2n) is 3.82. The maximum absolute atomic E-state index is 9.85. The topological polar surface area (TPSA) is 40.5 Å². The van der Waals surface area contributed by atoms with Crippen molar-refractivity contribution in [3.63, 3.8) is 0 Å². The van der Waals surface area contributed by atoms with Crippen LogP contribution >= 0.6 is 0 Å². The van der Waals surface area contributed by atoms with E-state index in [-0.39, 0.29) is 11.5 Å². The molecule has 0 saturated carbocycles. The molecule has 0 fully saturated rings. The molecule has 0 amide bonds. The molecule has 3 rings (SSSR count). The molecule has 1 aromatic rings. The third-order valence-electron chi connectivity index (χ3n) is 2.84. The minimum Gasteiger partial charge on any atom is -0.507 e. The van der Waals surface area contributed by atoms with Crippen molar-refractivity contribution in [2.24, 2.45) is 0 Å². The number of hydrogen-bond donors (Lipinski definition) is 2.